The molecule has 5 heteroatoms. The second kappa shape index (κ2) is 6.90. The van der Waals surface area contributed by atoms with Gasteiger partial charge in [-0.05, 0) is 44.2 Å². The Morgan fingerprint density at radius 3 is 2.35 bits per heavy atom. The molecule has 1 unspecified atom stereocenters. The summed E-state index contributed by atoms with van der Waals surface area (Å²) in [6, 6.07) is 5.87. The van der Waals surface area contributed by atoms with Crippen molar-refractivity contribution >= 4 is 34.5 Å². The molecular formula is C15H18Cl2N2S. The summed E-state index contributed by atoms with van der Waals surface area (Å²) in [5, 5.41) is 5.96. The normalized spacial score (nSPS) is 12.7. The number of nitrogens with zero attached hydrogens (tertiary/aromatic N) is 1. The Balaban J connectivity index is 2.26. The SMILES string of the molecule is CCNC(Cc1nc(C)c(C)s1)c1cc(Cl)cc(Cl)c1. The number of thiazole rings is 1. The van der Waals surface area contributed by atoms with Crippen LogP contribution in [0.4, 0.5) is 0 Å². The maximum Gasteiger partial charge on any atom is 0.0949 e. The van der Waals surface area contributed by atoms with Crippen molar-refractivity contribution in [2.45, 2.75) is 33.2 Å². The lowest BCUT2D eigenvalue weighted by Gasteiger charge is -2.18. The molecule has 0 aliphatic rings. The van der Waals surface area contributed by atoms with Crippen molar-refractivity contribution in [2.24, 2.45) is 0 Å². The second-order valence-electron chi connectivity index (χ2n) is 4.77. The Bertz CT molecular complexity index is 556. The molecule has 1 aromatic carbocycles. The summed E-state index contributed by atoms with van der Waals surface area (Å²) in [5.74, 6) is 0. The maximum atomic E-state index is 6.10. The number of aryl methyl sites for hydroxylation is 2. The van der Waals surface area contributed by atoms with E-state index in [-0.39, 0.29) is 6.04 Å². The predicted molar refractivity (Wildman–Crippen MR) is 88.2 cm³/mol. The summed E-state index contributed by atoms with van der Waals surface area (Å²) in [6.45, 7) is 7.14. The number of benzene rings is 1. The molecule has 2 rings (SSSR count). The molecule has 0 bridgehead atoms. The molecule has 1 N–H and O–H groups in total. The Kier molecular flexibility index (Phi) is 5.44. The van der Waals surface area contributed by atoms with Crippen molar-refractivity contribution < 1.29 is 0 Å². The van der Waals surface area contributed by atoms with Crippen molar-refractivity contribution in [1.82, 2.24) is 10.3 Å². The molecule has 1 atom stereocenters. The third-order valence-corrected chi connectivity index (χ3v) is 4.72. The number of hydrogen-bond donors (Lipinski definition) is 1. The molecule has 20 heavy (non-hydrogen) atoms. The van der Waals surface area contributed by atoms with Gasteiger partial charge < -0.3 is 5.32 Å². The minimum atomic E-state index is 0.182. The lowest BCUT2D eigenvalue weighted by molar-refractivity contribution is 0.548. The van der Waals surface area contributed by atoms with Gasteiger partial charge in [0.25, 0.3) is 0 Å². The van der Waals surface area contributed by atoms with Crippen LogP contribution in [0, 0.1) is 13.8 Å². The fourth-order valence-corrected chi connectivity index (χ4v) is 3.65. The van der Waals surface area contributed by atoms with Gasteiger partial charge in [-0.1, -0.05) is 30.1 Å². The fourth-order valence-electron chi connectivity index (χ4n) is 2.13. The van der Waals surface area contributed by atoms with E-state index in [0.29, 0.717) is 10.0 Å². The topological polar surface area (TPSA) is 24.9 Å². The highest BCUT2D eigenvalue weighted by Crippen LogP contribution is 2.27. The molecular weight excluding hydrogens is 311 g/mol. The van der Waals surface area contributed by atoms with Gasteiger partial charge in [0, 0.05) is 27.4 Å². The summed E-state index contributed by atoms with van der Waals surface area (Å²) >= 11 is 14.0. The van der Waals surface area contributed by atoms with E-state index in [1.165, 1.54) is 4.88 Å². The second-order valence-corrected chi connectivity index (χ2v) is 6.93. The van der Waals surface area contributed by atoms with Crippen LogP contribution in [-0.4, -0.2) is 11.5 Å². The molecule has 2 nitrogen and oxygen atoms in total. The first-order chi connectivity index (χ1) is 9.49. The van der Waals surface area contributed by atoms with E-state index in [2.05, 4.69) is 24.1 Å². The van der Waals surface area contributed by atoms with Crippen molar-refractivity contribution in [3.63, 3.8) is 0 Å². The van der Waals surface area contributed by atoms with Crippen molar-refractivity contribution in [3.8, 4) is 0 Å². The van der Waals surface area contributed by atoms with E-state index in [1.807, 2.05) is 19.1 Å². The van der Waals surface area contributed by atoms with Gasteiger partial charge in [0.2, 0.25) is 0 Å². The van der Waals surface area contributed by atoms with Crippen LogP contribution in [0.25, 0.3) is 0 Å². The lowest BCUT2D eigenvalue weighted by atomic mass is 10.0. The van der Waals surface area contributed by atoms with Gasteiger partial charge in [0.05, 0.1) is 10.7 Å². The molecule has 0 saturated carbocycles. The van der Waals surface area contributed by atoms with Gasteiger partial charge in [-0.25, -0.2) is 4.98 Å². The lowest BCUT2D eigenvalue weighted by Crippen LogP contribution is -2.23. The van der Waals surface area contributed by atoms with Crippen LogP contribution in [0.15, 0.2) is 18.2 Å². The average molecular weight is 329 g/mol. The van der Waals surface area contributed by atoms with Crippen LogP contribution in [0.5, 0.6) is 0 Å². The summed E-state index contributed by atoms with van der Waals surface area (Å²) in [7, 11) is 0. The Morgan fingerprint density at radius 1 is 1.20 bits per heavy atom. The monoisotopic (exact) mass is 328 g/mol. The summed E-state index contributed by atoms with van der Waals surface area (Å²) < 4.78 is 0. The highest BCUT2D eigenvalue weighted by molar-refractivity contribution is 7.11. The van der Waals surface area contributed by atoms with E-state index in [1.54, 1.807) is 17.4 Å². The summed E-state index contributed by atoms with van der Waals surface area (Å²) in [5.41, 5.74) is 2.22. The zero-order valence-corrected chi connectivity index (χ0v) is 14.2. The quantitative estimate of drug-likeness (QED) is 0.838. The highest BCUT2D eigenvalue weighted by atomic mass is 35.5. The number of aromatic nitrogens is 1. The first-order valence-corrected chi connectivity index (χ1v) is 8.19. The molecule has 1 heterocycles. The van der Waals surface area contributed by atoms with Gasteiger partial charge in [-0.3, -0.25) is 0 Å². The fraction of sp³-hybridized carbons (Fsp3) is 0.400. The number of hydrogen-bond acceptors (Lipinski definition) is 3. The Labute approximate surface area is 134 Å². The predicted octanol–water partition coefficient (Wildman–Crippen LogP) is 4.96. The van der Waals surface area contributed by atoms with Gasteiger partial charge in [-0.15, -0.1) is 11.3 Å². The number of halogens is 2. The van der Waals surface area contributed by atoms with Crippen molar-refractivity contribution in [3.05, 3.63) is 49.4 Å². The van der Waals surface area contributed by atoms with Gasteiger partial charge in [0.15, 0.2) is 0 Å². The largest absolute Gasteiger partial charge is 0.310 e. The Hall–Kier alpha value is -0.610. The Morgan fingerprint density at radius 2 is 1.85 bits per heavy atom. The molecule has 0 aliphatic heterocycles. The molecule has 2 aromatic rings. The first-order valence-electron chi connectivity index (χ1n) is 6.62. The smallest absolute Gasteiger partial charge is 0.0949 e. The third kappa shape index (κ3) is 3.95. The molecule has 0 fully saturated rings. The van der Waals surface area contributed by atoms with Gasteiger partial charge in [0.1, 0.15) is 0 Å². The molecule has 0 aliphatic carbocycles. The number of rotatable bonds is 5. The van der Waals surface area contributed by atoms with Crippen molar-refractivity contribution in [2.75, 3.05) is 6.54 Å². The van der Waals surface area contributed by atoms with Crippen LogP contribution in [0.2, 0.25) is 10.0 Å². The van der Waals surface area contributed by atoms with Crippen LogP contribution in [0.1, 0.15) is 34.1 Å². The zero-order valence-electron chi connectivity index (χ0n) is 11.8. The van der Waals surface area contributed by atoms with E-state index in [0.717, 1.165) is 29.2 Å². The van der Waals surface area contributed by atoms with Gasteiger partial charge in [-0.2, -0.15) is 0 Å². The zero-order chi connectivity index (χ0) is 14.7. The van der Waals surface area contributed by atoms with Crippen LogP contribution >= 0.6 is 34.5 Å². The summed E-state index contributed by atoms with van der Waals surface area (Å²) in [4.78, 5) is 5.89. The molecule has 1 aromatic heterocycles. The maximum absolute atomic E-state index is 6.10. The van der Waals surface area contributed by atoms with Crippen LogP contribution in [-0.2, 0) is 6.42 Å². The van der Waals surface area contributed by atoms with Crippen molar-refractivity contribution in [1.29, 1.82) is 0 Å². The molecule has 0 saturated heterocycles. The third-order valence-electron chi connectivity index (χ3n) is 3.19. The number of nitrogens with one attached hydrogen (secondary N) is 1. The molecule has 0 radical (unpaired) electrons. The van der Waals surface area contributed by atoms with Crippen LogP contribution in [0.3, 0.4) is 0 Å². The molecule has 108 valence electrons. The van der Waals surface area contributed by atoms with E-state index in [9.17, 15) is 0 Å². The minimum Gasteiger partial charge on any atom is -0.310 e. The van der Waals surface area contributed by atoms with E-state index in [4.69, 9.17) is 23.2 Å². The minimum absolute atomic E-state index is 0.182. The van der Waals surface area contributed by atoms with E-state index < -0.39 is 0 Å². The molecule has 0 spiro atoms. The summed E-state index contributed by atoms with van der Waals surface area (Å²) in [6.07, 6.45) is 0.851. The van der Waals surface area contributed by atoms with Gasteiger partial charge >= 0.3 is 0 Å². The first kappa shape index (κ1) is 15.8. The standard InChI is InChI=1S/C15H18Cl2N2S/c1-4-18-14(8-15-19-9(2)10(3)20-15)11-5-12(16)7-13(17)6-11/h5-7,14,18H,4,8H2,1-3H3. The average Bonchev–Trinajstić information content (AvgIpc) is 2.66. The number of likely N-dealkylation sites (N-methyl/N-ethyl adjacent to an activating group) is 1. The van der Waals surface area contributed by atoms with Crippen LogP contribution < -0.4 is 5.32 Å². The van der Waals surface area contributed by atoms with E-state index >= 15 is 0 Å². The molecule has 0 amide bonds. The highest BCUT2D eigenvalue weighted by Gasteiger charge is 2.15.